The molecule has 1 aliphatic rings. The second-order valence-corrected chi connectivity index (χ2v) is 7.23. The first-order chi connectivity index (χ1) is 9.35. The number of aromatic nitrogens is 2. The fourth-order valence-electron chi connectivity index (χ4n) is 2.50. The molecule has 1 aliphatic heterocycles. The Morgan fingerprint density at radius 1 is 1.55 bits per heavy atom. The van der Waals surface area contributed by atoms with Crippen molar-refractivity contribution in [3.63, 3.8) is 0 Å². The average molecular weight is 295 g/mol. The zero-order chi connectivity index (χ0) is 14.9. The molecule has 1 unspecified atom stereocenters. The van der Waals surface area contributed by atoms with Gasteiger partial charge in [0, 0.05) is 11.7 Å². The van der Waals surface area contributed by atoms with E-state index in [0.717, 1.165) is 0 Å². The lowest BCUT2D eigenvalue weighted by Crippen LogP contribution is -2.41. The molecule has 20 heavy (non-hydrogen) atoms. The first-order valence-corrected chi connectivity index (χ1v) is 8.14. The van der Waals surface area contributed by atoms with Gasteiger partial charge in [-0.2, -0.15) is 5.10 Å². The number of nitrogens with zero attached hydrogens (tertiary/aromatic N) is 2. The van der Waals surface area contributed by atoms with Gasteiger partial charge in [0.15, 0.2) is 9.84 Å². The number of hydrogen-bond donors (Lipinski definition) is 1. The number of H-pyrrole nitrogens is 1. The Kier molecular flexibility index (Phi) is 3.86. The molecule has 1 amide bonds. The van der Waals surface area contributed by atoms with E-state index >= 15 is 0 Å². The molecule has 1 N–H and O–H groups in total. The van der Waals surface area contributed by atoms with Crippen molar-refractivity contribution in [3.05, 3.63) is 17.0 Å². The van der Waals surface area contributed by atoms with E-state index in [9.17, 15) is 13.2 Å². The van der Waals surface area contributed by atoms with Gasteiger partial charge in [0.2, 0.25) is 0 Å². The molecule has 0 spiro atoms. The van der Waals surface area contributed by atoms with Crippen molar-refractivity contribution in [2.24, 2.45) is 0 Å². The van der Waals surface area contributed by atoms with E-state index in [1.165, 1.54) is 4.90 Å². The normalized spacial score (nSPS) is 20.6. The Bertz CT molecular complexity index is 650. The lowest BCUT2D eigenvalue weighted by atomic mass is 10.1. The van der Waals surface area contributed by atoms with Crippen LogP contribution in [0.5, 0.6) is 0 Å². The highest BCUT2D eigenvalue weighted by Gasteiger charge is 2.35. The number of rotatable bonds is 3. The van der Waals surface area contributed by atoms with Crippen LogP contribution in [0.2, 0.25) is 0 Å². The predicted molar refractivity (Wildman–Crippen MR) is 75.0 cm³/mol. The Morgan fingerprint density at radius 2 is 2.25 bits per heavy atom. The van der Waals surface area contributed by atoms with Crippen molar-refractivity contribution in [1.29, 1.82) is 0 Å². The van der Waals surface area contributed by atoms with Crippen LogP contribution >= 0.6 is 0 Å². The molecule has 108 valence electrons. The van der Waals surface area contributed by atoms with Gasteiger partial charge in [0.05, 0.1) is 29.3 Å². The quantitative estimate of drug-likeness (QED) is 0.812. The second kappa shape index (κ2) is 5.29. The smallest absolute Gasteiger partial charge is 0.258 e. The molecule has 0 radical (unpaired) electrons. The van der Waals surface area contributed by atoms with E-state index in [-0.39, 0.29) is 30.0 Å². The molecule has 1 atom stereocenters. The standard InChI is InChI=1S/C13H17N3O3S/c1-4-6-16(11-5-7-20(18,19)8-11)13(17)12-9(2)14-15-10(12)3/h1,11H,5-8H2,2-3H3,(H,14,15). The van der Waals surface area contributed by atoms with Crippen LogP contribution in [0, 0.1) is 26.2 Å². The molecule has 0 saturated carbocycles. The number of carbonyl (C=O) groups is 1. The molecule has 6 nitrogen and oxygen atoms in total. The number of aromatic amines is 1. The minimum atomic E-state index is -3.07. The van der Waals surface area contributed by atoms with Crippen LogP contribution in [0.1, 0.15) is 28.2 Å². The van der Waals surface area contributed by atoms with Gasteiger partial charge in [-0.3, -0.25) is 9.89 Å². The molecule has 0 aliphatic carbocycles. The van der Waals surface area contributed by atoms with Crippen molar-refractivity contribution >= 4 is 15.7 Å². The van der Waals surface area contributed by atoms with E-state index in [1.54, 1.807) is 13.8 Å². The molecule has 1 aromatic rings. The number of terminal acetylenes is 1. The summed E-state index contributed by atoms with van der Waals surface area (Å²) in [6.45, 7) is 3.59. The average Bonchev–Trinajstić information content (AvgIpc) is 2.89. The molecule has 0 bridgehead atoms. The SMILES string of the molecule is C#CCN(C(=O)c1c(C)n[nH]c1C)C1CCS(=O)(=O)C1. The van der Waals surface area contributed by atoms with E-state index in [2.05, 4.69) is 16.1 Å². The van der Waals surface area contributed by atoms with Gasteiger partial charge in [-0.1, -0.05) is 5.92 Å². The highest BCUT2D eigenvalue weighted by Crippen LogP contribution is 2.21. The third kappa shape index (κ3) is 2.70. The second-order valence-electron chi connectivity index (χ2n) is 5.00. The fraction of sp³-hybridized carbons (Fsp3) is 0.538. The number of nitrogens with one attached hydrogen (secondary N) is 1. The maximum Gasteiger partial charge on any atom is 0.258 e. The molecular formula is C13H17N3O3S. The van der Waals surface area contributed by atoms with E-state index in [0.29, 0.717) is 23.4 Å². The van der Waals surface area contributed by atoms with Crippen molar-refractivity contribution in [2.45, 2.75) is 26.3 Å². The molecule has 0 aromatic carbocycles. The van der Waals surface area contributed by atoms with Crippen LogP contribution in [0.4, 0.5) is 0 Å². The maximum atomic E-state index is 12.6. The van der Waals surface area contributed by atoms with E-state index in [1.807, 2.05) is 0 Å². The fourth-order valence-corrected chi connectivity index (χ4v) is 4.23. The minimum Gasteiger partial charge on any atom is -0.323 e. The van der Waals surface area contributed by atoms with E-state index in [4.69, 9.17) is 6.42 Å². The highest BCUT2D eigenvalue weighted by atomic mass is 32.2. The summed E-state index contributed by atoms with van der Waals surface area (Å²) in [5.74, 6) is 2.27. The van der Waals surface area contributed by atoms with Crippen LogP contribution in [-0.2, 0) is 9.84 Å². The zero-order valence-corrected chi connectivity index (χ0v) is 12.3. The number of carbonyl (C=O) groups excluding carboxylic acids is 1. The number of sulfone groups is 1. The van der Waals surface area contributed by atoms with Crippen LogP contribution in [0.15, 0.2) is 0 Å². The molecule has 2 heterocycles. The molecular weight excluding hydrogens is 278 g/mol. The number of aryl methyl sites for hydroxylation is 2. The Balaban J connectivity index is 2.30. The summed E-state index contributed by atoms with van der Waals surface area (Å²) in [7, 11) is -3.07. The van der Waals surface area contributed by atoms with Crippen molar-refractivity contribution in [3.8, 4) is 12.3 Å². The van der Waals surface area contributed by atoms with Gasteiger partial charge in [-0.15, -0.1) is 6.42 Å². The molecule has 7 heteroatoms. The Labute approximate surface area is 118 Å². The van der Waals surface area contributed by atoms with Gasteiger partial charge in [0.1, 0.15) is 0 Å². The topological polar surface area (TPSA) is 83.1 Å². The predicted octanol–water partition coefficient (Wildman–Crippen LogP) is 0.289. The lowest BCUT2D eigenvalue weighted by Gasteiger charge is -2.26. The Hall–Kier alpha value is -1.81. The van der Waals surface area contributed by atoms with Crippen molar-refractivity contribution in [1.82, 2.24) is 15.1 Å². The van der Waals surface area contributed by atoms with Crippen LogP contribution in [0.25, 0.3) is 0 Å². The summed E-state index contributed by atoms with van der Waals surface area (Å²) in [5.41, 5.74) is 1.73. The molecule has 1 fully saturated rings. The molecule has 1 saturated heterocycles. The lowest BCUT2D eigenvalue weighted by molar-refractivity contribution is 0.0723. The summed E-state index contributed by atoms with van der Waals surface area (Å²) in [6, 6.07) is -0.350. The monoisotopic (exact) mass is 295 g/mol. The largest absolute Gasteiger partial charge is 0.323 e. The summed E-state index contributed by atoms with van der Waals surface area (Å²) in [5, 5.41) is 6.75. The number of amides is 1. The third-order valence-corrected chi connectivity index (χ3v) is 5.26. The third-order valence-electron chi connectivity index (χ3n) is 3.51. The first kappa shape index (κ1) is 14.6. The van der Waals surface area contributed by atoms with Crippen molar-refractivity contribution in [2.75, 3.05) is 18.1 Å². The van der Waals surface area contributed by atoms with Gasteiger partial charge >= 0.3 is 0 Å². The first-order valence-electron chi connectivity index (χ1n) is 6.32. The van der Waals surface area contributed by atoms with Gasteiger partial charge in [0.25, 0.3) is 5.91 Å². The van der Waals surface area contributed by atoms with Gasteiger partial charge in [-0.05, 0) is 20.3 Å². The minimum absolute atomic E-state index is 0.0175. The molecule has 2 rings (SSSR count). The van der Waals surface area contributed by atoms with E-state index < -0.39 is 9.84 Å². The summed E-state index contributed by atoms with van der Waals surface area (Å²) in [4.78, 5) is 14.1. The van der Waals surface area contributed by atoms with Crippen LogP contribution in [0.3, 0.4) is 0 Å². The Morgan fingerprint density at radius 3 is 2.70 bits per heavy atom. The van der Waals surface area contributed by atoms with Crippen molar-refractivity contribution < 1.29 is 13.2 Å². The zero-order valence-electron chi connectivity index (χ0n) is 11.5. The highest BCUT2D eigenvalue weighted by molar-refractivity contribution is 7.91. The van der Waals surface area contributed by atoms with Crippen LogP contribution < -0.4 is 0 Å². The number of hydrogen-bond acceptors (Lipinski definition) is 4. The van der Waals surface area contributed by atoms with Gasteiger partial charge < -0.3 is 4.90 Å². The summed E-state index contributed by atoms with van der Waals surface area (Å²) < 4.78 is 23.2. The van der Waals surface area contributed by atoms with Crippen LogP contribution in [-0.4, -0.2) is 53.5 Å². The summed E-state index contributed by atoms with van der Waals surface area (Å²) in [6.07, 6.45) is 5.75. The maximum absolute atomic E-state index is 12.6. The van der Waals surface area contributed by atoms with Gasteiger partial charge in [-0.25, -0.2) is 8.42 Å². The molecule has 1 aromatic heterocycles. The summed E-state index contributed by atoms with van der Waals surface area (Å²) >= 11 is 0.